The van der Waals surface area contributed by atoms with Gasteiger partial charge in [0.15, 0.2) is 0 Å². The van der Waals surface area contributed by atoms with Gasteiger partial charge in [-0.05, 0) is 44.1 Å². The first kappa shape index (κ1) is 20.3. The molecule has 1 saturated heterocycles. The molecule has 1 aromatic carbocycles. The lowest BCUT2D eigenvalue weighted by atomic mass is 10.0. The maximum absolute atomic E-state index is 12.9. The van der Waals surface area contributed by atoms with E-state index >= 15 is 0 Å². The molecule has 2 rings (SSSR count). The van der Waals surface area contributed by atoms with Gasteiger partial charge in [0.2, 0.25) is 0 Å². The van der Waals surface area contributed by atoms with Gasteiger partial charge in [-0.2, -0.15) is 13.2 Å². The number of alkyl halides is 3. The van der Waals surface area contributed by atoms with Crippen LogP contribution in [0.5, 0.6) is 5.75 Å². The van der Waals surface area contributed by atoms with Crippen LogP contribution < -0.4 is 15.4 Å². The Morgan fingerprint density at radius 1 is 1.38 bits per heavy atom. The number of carbonyl (C=O) groups excluding carboxylic acids is 1. The molecule has 0 unspecified atom stereocenters. The zero-order chi connectivity index (χ0) is 16.9. The van der Waals surface area contributed by atoms with Crippen molar-refractivity contribution < 1.29 is 22.7 Å². The molecule has 0 aromatic heterocycles. The first-order valence-electron chi connectivity index (χ1n) is 7.38. The predicted molar refractivity (Wildman–Crippen MR) is 87.7 cm³/mol. The van der Waals surface area contributed by atoms with Crippen molar-refractivity contribution in [3.63, 3.8) is 0 Å². The Labute approximate surface area is 144 Å². The van der Waals surface area contributed by atoms with Gasteiger partial charge in [-0.15, -0.1) is 12.4 Å². The smallest absolute Gasteiger partial charge is 0.416 e. The minimum atomic E-state index is -4.51. The van der Waals surface area contributed by atoms with Gasteiger partial charge in [0.05, 0.1) is 11.1 Å². The number of ether oxygens (including phenoxy) is 1. The van der Waals surface area contributed by atoms with Crippen molar-refractivity contribution in [2.45, 2.75) is 25.1 Å². The number of benzene rings is 1. The van der Waals surface area contributed by atoms with Gasteiger partial charge < -0.3 is 15.4 Å². The van der Waals surface area contributed by atoms with Gasteiger partial charge >= 0.3 is 6.18 Å². The molecule has 0 spiro atoms. The van der Waals surface area contributed by atoms with Crippen molar-refractivity contribution in [3.05, 3.63) is 42.0 Å². The van der Waals surface area contributed by atoms with E-state index in [1.807, 2.05) is 0 Å². The predicted octanol–water partition coefficient (Wildman–Crippen LogP) is 3.17. The zero-order valence-corrected chi connectivity index (χ0v) is 13.8. The maximum atomic E-state index is 12.9. The maximum Gasteiger partial charge on any atom is 0.416 e. The zero-order valence-electron chi connectivity index (χ0n) is 13.0. The summed E-state index contributed by atoms with van der Waals surface area (Å²) in [5, 5.41) is 5.94. The first-order valence-corrected chi connectivity index (χ1v) is 7.38. The fourth-order valence-corrected chi connectivity index (χ4v) is 2.39. The van der Waals surface area contributed by atoms with Gasteiger partial charge in [-0.1, -0.05) is 12.7 Å². The second kappa shape index (κ2) is 8.94. The van der Waals surface area contributed by atoms with Crippen LogP contribution in [0.15, 0.2) is 30.9 Å². The highest BCUT2D eigenvalue weighted by molar-refractivity contribution is 5.97. The SMILES string of the molecule is C=CCOc1ccc(C(F)(F)F)cc1C(=O)NC1CCNCC1.Cl. The lowest BCUT2D eigenvalue weighted by molar-refractivity contribution is -0.137. The molecule has 0 bridgehead atoms. The lowest BCUT2D eigenvalue weighted by Crippen LogP contribution is -2.42. The molecule has 0 saturated carbocycles. The van der Waals surface area contributed by atoms with E-state index in [0.717, 1.165) is 38.1 Å². The molecule has 1 aliphatic heterocycles. The number of halogens is 4. The molecule has 1 fully saturated rings. The number of piperidine rings is 1. The van der Waals surface area contributed by atoms with E-state index in [0.29, 0.717) is 0 Å². The molecular formula is C16H20ClF3N2O2. The summed E-state index contributed by atoms with van der Waals surface area (Å²) in [7, 11) is 0. The highest BCUT2D eigenvalue weighted by Gasteiger charge is 2.32. The molecule has 24 heavy (non-hydrogen) atoms. The van der Waals surface area contributed by atoms with Crippen molar-refractivity contribution in [1.29, 1.82) is 0 Å². The number of nitrogens with one attached hydrogen (secondary N) is 2. The Morgan fingerprint density at radius 3 is 2.62 bits per heavy atom. The van der Waals surface area contributed by atoms with Gasteiger partial charge in [-0.25, -0.2) is 0 Å². The molecule has 1 amide bonds. The molecule has 8 heteroatoms. The van der Waals surface area contributed by atoms with Gasteiger partial charge in [-0.3, -0.25) is 4.79 Å². The van der Waals surface area contributed by atoms with Gasteiger partial charge in [0.25, 0.3) is 5.91 Å². The molecule has 134 valence electrons. The van der Waals surface area contributed by atoms with E-state index in [4.69, 9.17) is 4.74 Å². The third-order valence-corrected chi connectivity index (χ3v) is 3.58. The van der Waals surface area contributed by atoms with E-state index < -0.39 is 17.6 Å². The van der Waals surface area contributed by atoms with Crippen molar-refractivity contribution in [1.82, 2.24) is 10.6 Å². The van der Waals surface area contributed by atoms with Gasteiger partial charge in [0, 0.05) is 6.04 Å². The second-order valence-electron chi connectivity index (χ2n) is 5.31. The van der Waals surface area contributed by atoms with Gasteiger partial charge in [0.1, 0.15) is 12.4 Å². The summed E-state index contributed by atoms with van der Waals surface area (Å²) in [6.07, 6.45) is -1.56. The average Bonchev–Trinajstić information content (AvgIpc) is 2.52. The number of hydrogen-bond donors (Lipinski definition) is 2. The quantitative estimate of drug-likeness (QED) is 0.789. The molecule has 1 heterocycles. The number of carbonyl (C=O) groups is 1. The number of rotatable bonds is 5. The molecule has 2 N–H and O–H groups in total. The molecule has 4 nitrogen and oxygen atoms in total. The van der Waals surface area contributed by atoms with Crippen LogP contribution in [0.3, 0.4) is 0 Å². The second-order valence-corrected chi connectivity index (χ2v) is 5.31. The standard InChI is InChI=1S/C16H19F3N2O2.ClH/c1-2-9-23-14-4-3-11(16(17,18)19)10-13(14)15(22)21-12-5-7-20-8-6-12;/h2-4,10,12,20H,1,5-9H2,(H,21,22);1H. The molecular weight excluding hydrogens is 345 g/mol. The summed E-state index contributed by atoms with van der Waals surface area (Å²) in [6.45, 7) is 5.14. The van der Waals surface area contributed by atoms with Crippen molar-refractivity contribution in [2.75, 3.05) is 19.7 Å². The summed E-state index contributed by atoms with van der Waals surface area (Å²) in [5.41, 5.74) is -0.987. The van der Waals surface area contributed by atoms with Crippen LogP contribution in [0, 0.1) is 0 Å². The van der Waals surface area contributed by atoms with Crippen molar-refractivity contribution in [3.8, 4) is 5.75 Å². The van der Waals surface area contributed by atoms with Crippen LogP contribution in [0.2, 0.25) is 0 Å². The topological polar surface area (TPSA) is 50.4 Å². The van der Waals surface area contributed by atoms with Crippen LogP contribution in [-0.4, -0.2) is 31.6 Å². The minimum absolute atomic E-state index is 0. The summed E-state index contributed by atoms with van der Waals surface area (Å²) < 4.78 is 43.9. The highest BCUT2D eigenvalue weighted by Crippen LogP contribution is 2.32. The third-order valence-electron chi connectivity index (χ3n) is 3.58. The third kappa shape index (κ3) is 5.42. The first-order chi connectivity index (χ1) is 10.9. The molecule has 1 aliphatic rings. The van der Waals surface area contributed by atoms with Crippen LogP contribution in [-0.2, 0) is 6.18 Å². The molecule has 0 atom stereocenters. The lowest BCUT2D eigenvalue weighted by Gasteiger charge is -2.24. The van der Waals surface area contributed by atoms with Crippen LogP contribution in [0.1, 0.15) is 28.8 Å². The van der Waals surface area contributed by atoms with Crippen molar-refractivity contribution >= 4 is 18.3 Å². The highest BCUT2D eigenvalue weighted by atomic mass is 35.5. The molecule has 0 aliphatic carbocycles. The summed E-state index contributed by atoms with van der Waals surface area (Å²) in [5.74, 6) is -0.439. The molecule has 1 aromatic rings. The van der Waals surface area contributed by atoms with E-state index in [2.05, 4.69) is 17.2 Å². The van der Waals surface area contributed by atoms with E-state index in [9.17, 15) is 18.0 Å². The Kier molecular flexibility index (Phi) is 7.57. The van der Waals surface area contributed by atoms with Crippen LogP contribution in [0.4, 0.5) is 13.2 Å². The Hall–Kier alpha value is -1.73. The summed E-state index contributed by atoms with van der Waals surface area (Å²) >= 11 is 0. The largest absolute Gasteiger partial charge is 0.489 e. The summed E-state index contributed by atoms with van der Waals surface area (Å²) in [6, 6.07) is 2.85. The normalized spacial score (nSPS) is 15.3. The van der Waals surface area contributed by atoms with Crippen molar-refractivity contribution in [2.24, 2.45) is 0 Å². The minimum Gasteiger partial charge on any atom is -0.489 e. The average molecular weight is 365 g/mol. The van der Waals surface area contributed by atoms with Crippen LogP contribution >= 0.6 is 12.4 Å². The Bertz CT molecular complexity index is 573. The van der Waals surface area contributed by atoms with E-state index in [1.165, 1.54) is 12.1 Å². The molecule has 0 radical (unpaired) electrons. The number of hydrogen-bond acceptors (Lipinski definition) is 3. The monoisotopic (exact) mass is 364 g/mol. The number of amides is 1. The Balaban J connectivity index is 0.00000288. The Morgan fingerprint density at radius 2 is 2.04 bits per heavy atom. The summed E-state index contributed by atoms with van der Waals surface area (Å²) in [4.78, 5) is 12.4. The fourth-order valence-electron chi connectivity index (χ4n) is 2.39. The van der Waals surface area contributed by atoms with E-state index in [1.54, 1.807) is 0 Å². The van der Waals surface area contributed by atoms with E-state index in [-0.39, 0.29) is 36.4 Å². The van der Waals surface area contributed by atoms with Crippen LogP contribution in [0.25, 0.3) is 0 Å². The fraction of sp³-hybridized carbons (Fsp3) is 0.438.